The molecule has 1 aromatic heterocycles. The van der Waals surface area contributed by atoms with Gasteiger partial charge in [0.25, 0.3) is 5.91 Å². The van der Waals surface area contributed by atoms with Crippen LogP contribution in [-0.4, -0.2) is 33.1 Å². The lowest BCUT2D eigenvalue weighted by molar-refractivity contribution is 0.0881. The monoisotopic (exact) mass is 211 g/mol. The molecule has 5 nitrogen and oxygen atoms in total. The maximum atomic E-state index is 11.7. The van der Waals surface area contributed by atoms with Crippen LogP contribution in [0, 0.1) is 0 Å². The fourth-order valence-electron chi connectivity index (χ4n) is 1.30. The van der Waals surface area contributed by atoms with E-state index in [9.17, 15) is 4.79 Å². The molecule has 1 atom stereocenters. The number of aromatic nitrogens is 2. The average molecular weight is 211 g/mol. The summed E-state index contributed by atoms with van der Waals surface area (Å²) in [6, 6.07) is 0. The van der Waals surface area contributed by atoms with Crippen molar-refractivity contribution in [2.75, 3.05) is 6.61 Å². The standard InChI is InChI=1S/C10H17N3O2/c1-3-10(2,4-5-14)13-9(15)8-6-11-7-12-8/h6-7,14H,3-5H2,1-2H3,(H,11,12)(H,13,15). The van der Waals surface area contributed by atoms with Crippen molar-refractivity contribution in [1.29, 1.82) is 0 Å². The molecular formula is C10H17N3O2. The first kappa shape index (κ1) is 11.7. The summed E-state index contributed by atoms with van der Waals surface area (Å²) >= 11 is 0. The summed E-state index contributed by atoms with van der Waals surface area (Å²) in [7, 11) is 0. The first-order valence-corrected chi connectivity index (χ1v) is 5.03. The highest BCUT2D eigenvalue weighted by molar-refractivity contribution is 5.92. The summed E-state index contributed by atoms with van der Waals surface area (Å²) in [4.78, 5) is 18.2. The Labute approximate surface area is 88.9 Å². The van der Waals surface area contributed by atoms with E-state index in [2.05, 4.69) is 15.3 Å². The Kier molecular flexibility index (Phi) is 3.85. The van der Waals surface area contributed by atoms with Gasteiger partial charge < -0.3 is 15.4 Å². The fourth-order valence-corrected chi connectivity index (χ4v) is 1.30. The van der Waals surface area contributed by atoms with Crippen molar-refractivity contribution in [2.45, 2.75) is 32.2 Å². The summed E-state index contributed by atoms with van der Waals surface area (Å²) in [5.41, 5.74) is 0.0735. The molecule has 0 saturated heterocycles. The molecule has 0 aromatic carbocycles. The van der Waals surface area contributed by atoms with E-state index in [4.69, 9.17) is 5.11 Å². The van der Waals surface area contributed by atoms with E-state index < -0.39 is 0 Å². The van der Waals surface area contributed by atoms with Crippen LogP contribution in [-0.2, 0) is 0 Å². The lowest BCUT2D eigenvalue weighted by atomic mass is 9.95. The van der Waals surface area contributed by atoms with Crippen LogP contribution in [0.1, 0.15) is 37.2 Å². The van der Waals surface area contributed by atoms with Gasteiger partial charge in [-0.3, -0.25) is 4.79 Å². The van der Waals surface area contributed by atoms with Crippen LogP contribution in [0.2, 0.25) is 0 Å². The second kappa shape index (κ2) is 4.93. The second-order valence-corrected chi connectivity index (χ2v) is 3.81. The molecule has 0 aliphatic heterocycles. The number of hydrogen-bond acceptors (Lipinski definition) is 3. The van der Waals surface area contributed by atoms with Gasteiger partial charge in [-0.15, -0.1) is 0 Å². The number of hydrogen-bond donors (Lipinski definition) is 3. The van der Waals surface area contributed by atoms with E-state index in [1.54, 1.807) is 0 Å². The van der Waals surface area contributed by atoms with Crippen LogP contribution in [0.3, 0.4) is 0 Å². The fraction of sp³-hybridized carbons (Fsp3) is 0.600. The predicted molar refractivity (Wildman–Crippen MR) is 56.5 cm³/mol. The first-order valence-electron chi connectivity index (χ1n) is 5.03. The highest BCUT2D eigenvalue weighted by Gasteiger charge is 2.24. The number of H-pyrrole nitrogens is 1. The van der Waals surface area contributed by atoms with Crippen LogP contribution in [0.15, 0.2) is 12.5 Å². The zero-order valence-corrected chi connectivity index (χ0v) is 9.08. The Morgan fingerprint density at radius 3 is 2.93 bits per heavy atom. The van der Waals surface area contributed by atoms with Crippen molar-refractivity contribution in [3.05, 3.63) is 18.2 Å². The average Bonchev–Trinajstić information content (AvgIpc) is 2.71. The van der Waals surface area contributed by atoms with Crippen LogP contribution < -0.4 is 5.32 Å². The summed E-state index contributed by atoms with van der Waals surface area (Å²) in [5.74, 6) is -0.190. The smallest absolute Gasteiger partial charge is 0.269 e. The number of carbonyl (C=O) groups excluding carboxylic acids is 1. The van der Waals surface area contributed by atoms with E-state index in [1.165, 1.54) is 12.5 Å². The molecule has 1 heterocycles. The number of aliphatic hydroxyl groups is 1. The van der Waals surface area contributed by atoms with E-state index in [1.807, 2.05) is 13.8 Å². The molecular weight excluding hydrogens is 194 g/mol. The number of imidazole rings is 1. The van der Waals surface area contributed by atoms with Gasteiger partial charge in [0.05, 0.1) is 12.5 Å². The van der Waals surface area contributed by atoms with Crippen molar-refractivity contribution < 1.29 is 9.90 Å². The lowest BCUT2D eigenvalue weighted by Crippen LogP contribution is -2.46. The van der Waals surface area contributed by atoms with Crippen molar-refractivity contribution >= 4 is 5.91 Å². The third-order valence-electron chi connectivity index (χ3n) is 2.60. The third kappa shape index (κ3) is 3.06. The molecule has 1 amide bonds. The highest BCUT2D eigenvalue weighted by atomic mass is 16.3. The van der Waals surface area contributed by atoms with Crippen molar-refractivity contribution in [1.82, 2.24) is 15.3 Å². The SMILES string of the molecule is CCC(C)(CCO)NC(=O)c1cnc[nH]1. The molecule has 0 aliphatic carbocycles. The highest BCUT2D eigenvalue weighted by Crippen LogP contribution is 2.14. The van der Waals surface area contributed by atoms with E-state index >= 15 is 0 Å². The molecule has 3 N–H and O–H groups in total. The van der Waals surface area contributed by atoms with Crippen molar-refractivity contribution in [3.8, 4) is 0 Å². The zero-order valence-electron chi connectivity index (χ0n) is 9.08. The Balaban J connectivity index is 2.63. The molecule has 0 bridgehead atoms. The quantitative estimate of drug-likeness (QED) is 0.670. The number of carbonyl (C=O) groups is 1. The predicted octanol–water partition coefficient (Wildman–Crippen LogP) is 0.691. The minimum Gasteiger partial charge on any atom is -0.396 e. The molecule has 0 radical (unpaired) electrons. The molecule has 0 spiro atoms. The molecule has 0 aliphatic rings. The molecule has 1 unspecified atom stereocenters. The van der Waals surface area contributed by atoms with Crippen LogP contribution in [0.4, 0.5) is 0 Å². The number of aromatic amines is 1. The summed E-state index contributed by atoms with van der Waals surface area (Å²) in [6.45, 7) is 3.95. The Hall–Kier alpha value is -1.36. The van der Waals surface area contributed by atoms with Gasteiger partial charge in [-0.2, -0.15) is 0 Å². The largest absolute Gasteiger partial charge is 0.396 e. The van der Waals surface area contributed by atoms with Crippen molar-refractivity contribution in [3.63, 3.8) is 0 Å². The maximum absolute atomic E-state index is 11.7. The molecule has 15 heavy (non-hydrogen) atoms. The van der Waals surface area contributed by atoms with Gasteiger partial charge in [0.1, 0.15) is 5.69 Å². The minimum absolute atomic E-state index is 0.0631. The summed E-state index contributed by atoms with van der Waals surface area (Å²) in [6.07, 6.45) is 4.26. The van der Waals surface area contributed by atoms with E-state index in [-0.39, 0.29) is 18.1 Å². The lowest BCUT2D eigenvalue weighted by Gasteiger charge is -2.28. The Bertz CT molecular complexity index is 310. The van der Waals surface area contributed by atoms with Gasteiger partial charge in [-0.1, -0.05) is 6.92 Å². The number of aliphatic hydroxyl groups excluding tert-OH is 1. The van der Waals surface area contributed by atoms with E-state index in [0.717, 1.165) is 6.42 Å². The van der Waals surface area contributed by atoms with Gasteiger partial charge in [0.15, 0.2) is 0 Å². The molecule has 5 heteroatoms. The van der Waals surface area contributed by atoms with Crippen molar-refractivity contribution in [2.24, 2.45) is 0 Å². The number of amides is 1. The first-order chi connectivity index (χ1) is 7.11. The van der Waals surface area contributed by atoms with Gasteiger partial charge in [-0.05, 0) is 19.8 Å². The number of nitrogens with one attached hydrogen (secondary N) is 2. The third-order valence-corrected chi connectivity index (χ3v) is 2.60. The molecule has 1 aromatic rings. The second-order valence-electron chi connectivity index (χ2n) is 3.81. The Morgan fingerprint density at radius 2 is 2.47 bits per heavy atom. The number of rotatable bonds is 5. The van der Waals surface area contributed by atoms with Gasteiger partial charge in [-0.25, -0.2) is 4.98 Å². The van der Waals surface area contributed by atoms with Crippen LogP contribution in [0.5, 0.6) is 0 Å². The van der Waals surface area contributed by atoms with Crippen LogP contribution in [0.25, 0.3) is 0 Å². The van der Waals surface area contributed by atoms with Crippen LogP contribution >= 0.6 is 0 Å². The normalized spacial score (nSPS) is 14.6. The topological polar surface area (TPSA) is 78.0 Å². The zero-order chi connectivity index (χ0) is 11.3. The number of nitrogens with zero attached hydrogens (tertiary/aromatic N) is 1. The van der Waals surface area contributed by atoms with E-state index in [0.29, 0.717) is 12.1 Å². The van der Waals surface area contributed by atoms with Gasteiger partial charge in [0.2, 0.25) is 0 Å². The summed E-state index contributed by atoms with van der Waals surface area (Å²) < 4.78 is 0. The molecule has 0 fully saturated rings. The van der Waals surface area contributed by atoms with Gasteiger partial charge >= 0.3 is 0 Å². The molecule has 84 valence electrons. The summed E-state index contributed by atoms with van der Waals surface area (Å²) in [5, 5.41) is 11.8. The minimum atomic E-state index is -0.364. The maximum Gasteiger partial charge on any atom is 0.269 e. The Morgan fingerprint density at radius 1 is 1.73 bits per heavy atom. The molecule has 1 rings (SSSR count). The van der Waals surface area contributed by atoms with Gasteiger partial charge in [0, 0.05) is 12.1 Å². The molecule has 0 saturated carbocycles.